The molecule has 0 saturated carbocycles. The van der Waals surface area contributed by atoms with Crippen LogP contribution in [-0.2, 0) is 15.8 Å². The number of rotatable bonds is 7. The maximum atomic E-state index is 12.7. The van der Waals surface area contributed by atoms with Crippen LogP contribution in [0.4, 0.5) is 30.2 Å². The summed E-state index contributed by atoms with van der Waals surface area (Å²) >= 11 is 0. The molecular formula is C19H20F3N3O2. The second kappa shape index (κ2) is 9.07. The molecule has 2 rings (SSSR count). The van der Waals surface area contributed by atoms with Crippen LogP contribution < -0.4 is 16.0 Å². The van der Waals surface area contributed by atoms with Crippen LogP contribution >= 0.6 is 0 Å². The molecule has 2 amide bonds. The van der Waals surface area contributed by atoms with E-state index in [9.17, 15) is 22.8 Å². The zero-order valence-electron chi connectivity index (χ0n) is 14.7. The maximum Gasteiger partial charge on any atom is 0.416 e. The zero-order chi connectivity index (χ0) is 19.9. The van der Waals surface area contributed by atoms with E-state index in [1.807, 2.05) is 6.92 Å². The second-order valence-corrected chi connectivity index (χ2v) is 5.86. The molecule has 0 saturated heterocycles. The van der Waals surface area contributed by atoms with E-state index in [2.05, 4.69) is 16.0 Å². The molecule has 0 aliphatic heterocycles. The summed E-state index contributed by atoms with van der Waals surface area (Å²) in [5, 5.41) is 8.03. The van der Waals surface area contributed by atoms with Crippen LogP contribution in [0.15, 0.2) is 48.5 Å². The third-order valence-corrected chi connectivity index (χ3v) is 3.55. The fraction of sp³-hybridized carbons (Fsp3) is 0.263. The molecule has 0 aliphatic rings. The fourth-order valence-corrected chi connectivity index (χ4v) is 2.32. The minimum Gasteiger partial charge on any atom is -0.376 e. The molecule has 0 aliphatic carbocycles. The minimum atomic E-state index is -4.47. The predicted octanol–water partition coefficient (Wildman–Crippen LogP) is 4.49. The van der Waals surface area contributed by atoms with Gasteiger partial charge in [-0.1, -0.05) is 19.1 Å². The summed E-state index contributed by atoms with van der Waals surface area (Å²) in [6, 6.07) is 11.3. The fourth-order valence-electron chi connectivity index (χ4n) is 2.32. The molecule has 0 aromatic heterocycles. The van der Waals surface area contributed by atoms with Gasteiger partial charge in [-0.3, -0.25) is 9.59 Å². The third kappa shape index (κ3) is 6.65. The van der Waals surface area contributed by atoms with Gasteiger partial charge in [-0.2, -0.15) is 13.2 Å². The molecule has 0 unspecified atom stereocenters. The number of nitrogens with one attached hydrogen (secondary N) is 3. The molecule has 2 aromatic rings. The summed E-state index contributed by atoms with van der Waals surface area (Å²) in [5.74, 6) is -0.591. The number of alkyl halides is 3. The number of carbonyl (C=O) groups is 2. The minimum absolute atomic E-state index is 0.0669. The molecule has 0 heterocycles. The first-order valence-corrected chi connectivity index (χ1v) is 8.39. The summed E-state index contributed by atoms with van der Waals surface area (Å²) in [6.07, 6.45) is -3.32. The van der Waals surface area contributed by atoms with Crippen LogP contribution in [0.1, 0.15) is 25.3 Å². The second-order valence-electron chi connectivity index (χ2n) is 5.86. The van der Waals surface area contributed by atoms with E-state index in [0.29, 0.717) is 17.8 Å². The lowest BCUT2D eigenvalue weighted by Crippen LogP contribution is -2.22. The van der Waals surface area contributed by atoms with E-state index >= 15 is 0 Å². The lowest BCUT2D eigenvalue weighted by atomic mass is 10.2. The van der Waals surface area contributed by atoms with Gasteiger partial charge < -0.3 is 16.0 Å². The van der Waals surface area contributed by atoms with Crippen LogP contribution in [0.3, 0.4) is 0 Å². The van der Waals surface area contributed by atoms with Gasteiger partial charge in [0.1, 0.15) is 0 Å². The van der Waals surface area contributed by atoms with Gasteiger partial charge in [-0.05, 0) is 42.8 Å². The number of benzene rings is 2. The van der Waals surface area contributed by atoms with Crippen molar-refractivity contribution < 1.29 is 22.8 Å². The first-order chi connectivity index (χ1) is 12.8. The van der Waals surface area contributed by atoms with Gasteiger partial charge >= 0.3 is 6.18 Å². The van der Waals surface area contributed by atoms with Gasteiger partial charge in [-0.15, -0.1) is 0 Å². The topological polar surface area (TPSA) is 70.2 Å². The highest BCUT2D eigenvalue weighted by Crippen LogP contribution is 2.30. The number of anilines is 3. The highest BCUT2D eigenvalue weighted by Gasteiger charge is 2.30. The summed E-state index contributed by atoms with van der Waals surface area (Å²) in [6.45, 7) is 1.77. The summed E-state index contributed by atoms with van der Waals surface area (Å²) in [4.78, 5) is 23.6. The summed E-state index contributed by atoms with van der Waals surface area (Å²) in [7, 11) is 0. The molecule has 144 valence electrons. The normalized spacial score (nSPS) is 11.0. The average Bonchev–Trinajstić information content (AvgIpc) is 2.60. The van der Waals surface area contributed by atoms with Gasteiger partial charge in [0.05, 0.1) is 12.1 Å². The van der Waals surface area contributed by atoms with E-state index in [1.165, 1.54) is 12.1 Å². The Morgan fingerprint density at radius 3 is 2.15 bits per heavy atom. The Kier molecular flexibility index (Phi) is 6.81. The van der Waals surface area contributed by atoms with Gasteiger partial charge in [0, 0.05) is 23.5 Å². The quantitative estimate of drug-likeness (QED) is 0.664. The standard InChI is InChI=1S/C19H20F3N3O2/c1-2-5-17(26)24-16-9-4-7-14(11-16)23-12-18(27)25-15-8-3-6-13(10-15)19(20,21)22/h3-4,6-11,23H,2,5,12H2,1H3,(H,24,26)(H,25,27). The van der Waals surface area contributed by atoms with Crippen molar-refractivity contribution in [1.29, 1.82) is 0 Å². The van der Waals surface area contributed by atoms with Crippen molar-refractivity contribution in [3.63, 3.8) is 0 Å². The molecule has 0 fully saturated rings. The molecule has 27 heavy (non-hydrogen) atoms. The smallest absolute Gasteiger partial charge is 0.376 e. The first-order valence-electron chi connectivity index (χ1n) is 8.39. The predicted molar refractivity (Wildman–Crippen MR) is 98.5 cm³/mol. The number of halogens is 3. The highest BCUT2D eigenvalue weighted by molar-refractivity contribution is 5.94. The van der Waals surface area contributed by atoms with Gasteiger partial charge in [0.15, 0.2) is 0 Å². The Labute approximate surface area is 155 Å². The van der Waals surface area contributed by atoms with E-state index < -0.39 is 17.6 Å². The molecule has 8 heteroatoms. The Hall–Kier alpha value is -3.03. The average molecular weight is 379 g/mol. The molecular weight excluding hydrogens is 359 g/mol. The van der Waals surface area contributed by atoms with Gasteiger partial charge in [0.2, 0.25) is 11.8 Å². The summed E-state index contributed by atoms with van der Waals surface area (Å²) in [5.41, 5.74) is 0.432. The Morgan fingerprint density at radius 2 is 1.48 bits per heavy atom. The van der Waals surface area contributed by atoms with Gasteiger partial charge in [-0.25, -0.2) is 0 Å². The van der Waals surface area contributed by atoms with E-state index in [1.54, 1.807) is 24.3 Å². The van der Waals surface area contributed by atoms with Crippen LogP contribution in [0.2, 0.25) is 0 Å². The monoisotopic (exact) mass is 379 g/mol. The van der Waals surface area contributed by atoms with E-state index in [-0.39, 0.29) is 18.1 Å². The van der Waals surface area contributed by atoms with Crippen LogP contribution in [0.5, 0.6) is 0 Å². The lowest BCUT2D eigenvalue weighted by Gasteiger charge is -2.11. The van der Waals surface area contributed by atoms with Crippen LogP contribution in [-0.4, -0.2) is 18.4 Å². The molecule has 5 nitrogen and oxygen atoms in total. The lowest BCUT2D eigenvalue weighted by molar-refractivity contribution is -0.137. The van der Waals surface area contributed by atoms with Crippen molar-refractivity contribution in [3.8, 4) is 0 Å². The van der Waals surface area contributed by atoms with E-state index in [0.717, 1.165) is 18.6 Å². The summed E-state index contributed by atoms with van der Waals surface area (Å²) < 4.78 is 38.1. The van der Waals surface area contributed by atoms with Crippen molar-refractivity contribution in [1.82, 2.24) is 0 Å². The molecule has 2 aromatic carbocycles. The first kappa shape index (κ1) is 20.3. The molecule has 3 N–H and O–H groups in total. The molecule has 0 atom stereocenters. The number of carbonyl (C=O) groups excluding carboxylic acids is 2. The molecule has 0 spiro atoms. The van der Waals surface area contributed by atoms with Gasteiger partial charge in [0.25, 0.3) is 0 Å². The Bertz CT molecular complexity index is 807. The van der Waals surface area contributed by atoms with Crippen molar-refractivity contribution in [2.75, 3.05) is 22.5 Å². The maximum absolute atomic E-state index is 12.7. The number of hydrogen-bond donors (Lipinski definition) is 3. The third-order valence-electron chi connectivity index (χ3n) is 3.55. The Balaban J connectivity index is 1.91. The van der Waals surface area contributed by atoms with Crippen molar-refractivity contribution >= 4 is 28.9 Å². The highest BCUT2D eigenvalue weighted by atomic mass is 19.4. The SMILES string of the molecule is CCCC(=O)Nc1cccc(NCC(=O)Nc2cccc(C(F)(F)F)c2)c1. The Morgan fingerprint density at radius 1 is 0.889 bits per heavy atom. The number of hydrogen-bond acceptors (Lipinski definition) is 3. The molecule has 0 bridgehead atoms. The molecule has 0 radical (unpaired) electrons. The van der Waals surface area contributed by atoms with Crippen LogP contribution in [0, 0.1) is 0 Å². The largest absolute Gasteiger partial charge is 0.416 e. The zero-order valence-corrected chi connectivity index (χ0v) is 14.7. The van der Waals surface area contributed by atoms with Crippen LogP contribution in [0.25, 0.3) is 0 Å². The van der Waals surface area contributed by atoms with Crippen molar-refractivity contribution in [2.45, 2.75) is 25.9 Å². The van der Waals surface area contributed by atoms with Crippen molar-refractivity contribution in [2.24, 2.45) is 0 Å². The van der Waals surface area contributed by atoms with E-state index in [4.69, 9.17) is 0 Å². The van der Waals surface area contributed by atoms with Crippen molar-refractivity contribution in [3.05, 3.63) is 54.1 Å². The number of amides is 2.